The summed E-state index contributed by atoms with van der Waals surface area (Å²) in [4.78, 5) is 35.9. The third-order valence-electron chi connectivity index (χ3n) is 5.31. The second-order valence-corrected chi connectivity index (χ2v) is 7.80. The van der Waals surface area contributed by atoms with Gasteiger partial charge in [0, 0.05) is 25.5 Å². The van der Waals surface area contributed by atoms with Crippen molar-refractivity contribution in [3.8, 4) is 5.75 Å². The topological polar surface area (TPSA) is 96.5 Å². The third-order valence-corrected chi connectivity index (χ3v) is 5.31. The summed E-state index contributed by atoms with van der Waals surface area (Å²) in [5.41, 5.74) is 2.03. The molecule has 2 N–H and O–H groups in total. The van der Waals surface area contributed by atoms with Crippen LogP contribution in [0.5, 0.6) is 5.75 Å². The molecule has 0 radical (unpaired) electrons. The van der Waals surface area contributed by atoms with Gasteiger partial charge in [0.1, 0.15) is 17.3 Å². The van der Waals surface area contributed by atoms with E-state index in [9.17, 15) is 9.59 Å². The number of anilines is 2. The fourth-order valence-corrected chi connectivity index (χ4v) is 3.57. The number of aromatic nitrogens is 2. The zero-order chi connectivity index (χ0) is 22.9. The molecule has 0 spiro atoms. The van der Waals surface area contributed by atoms with Crippen molar-refractivity contribution in [1.82, 2.24) is 20.2 Å². The van der Waals surface area contributed by atoms with Crippen molar-refractivity contribution < 1.29 is 14.3 Å². The van der Waals surface area contributed by atoms with Crippen LogP contribution in [0.4, 0.5) is 11.5 Å². The number of carbonyl (C=O) groups excluding carboxylic acids is 2. The van der Waals surface area contributed by atoms with Gasteiger partial charge in [-0.1, -0.05) is 18.2 Å². The van der Waals surface area contributed by atoms with E-state index in [1.54, 1.807) is 35.5 Å². The Morgan fingerprint density at radius 1 is 1.03 bits per heavy atom. The molecule has 170 valence electrons. The molecular weight excluding hydrogens is 418 g/mol. The molecule has 0 fully saturated rings. The van der Waals surface area contributed by atoms with Crippen molar-refractivity contribution in [3.05, 3.63) is 78.2 Å². The molecule has 2 amide bonds. The Morgan fingerprint density at radius 2 is 1.88 bits per heavy atom. The molecule has 1 aromatic carbocycles. The maximum Gasteiger partial charge on any atom is 0.273 e. The number of nitrogens with one attached hydrogen (secondary N) is 2. The van der Waals surface area contributed by atoms with Crippen LogP contribution in [0.3, 0.4) is 0 Å². The average molecular weight is 446 g/mol. The standard InChI is InChI=1S/C25H27N5O3/c31-24(27-17-19-11-13-26-14-12-19)18-30-15-4-1-5-16-33-22-9-3-2-7-20(22)28-23-10-6-8-21(29-23)25(30)32/h2-3,6-14H,1,4-5,15-18H2,(H,27,31)(H,28,29). The summed E-state index contributed by atoms with van der Waals surface area (Å²) in [6, 6.07) is 16.6. The fraction of sp³-hybridized carbons (Fsp3) is 0.280. The Morgan fingerprint density at radius 3 is 2.76 bits per heavy atom. The maximum atomic E-state index is 13.3. The van der Waals surface area contributed by atoms with Gasteiger partial charge in [0.2, 0.25) is 5.91 Å². The summed E-state index contributed by atoms with van der Waals surface area (Å²) in [7, 11) is 0. The van der Waals surface area contributed by atoms with Crippen molar-refractivity contribution in [3.63, 3.8) is 0 Å². The highest BCUT2D eigenvalue weighted by molar-refractivity contribution is 5.95. The van der Waals surface area contributed by atoms with Crippen LogP contribution in [0.1, 0.15) is 35.3 Å². The summed E-state index contributed by atoms with van der Waals surface area (Å²) < 4.78 is 5.95. The quantitative estimate of drug-likeness (QED) is 0.638. The Kier molecular flexibility index (Phi) is 7.48. The maximum absolute atomic E-state index is 13.3. The van der Waals surface area contributed by atoms with E-state index in [2.05, 4.69) is 20.6 Å². The molecule has 8 nitrogen and oxygen atoms in total. The number of hydrogen-bond acceptors (Lipinski definition) is 6. The third kappa shape index (κ3) is 6.29. The van der Waals surface area contributed by atoms with Crippen LogP contribution in [0.15, 0.2) is 67.0 Å². The summed E-state index contributed by atoms with van der Waals surface area (Å²) >= 11 is 0. The van der Waals surface area contributed by atoms with Crippen LogP contribution in [-0.2, 0) is 11.3 Å². The lowest BCUT2D eigenvalue weighted by molar-refractivity contribution is -0.122. The first-order valence-corrected chi connectivity index (χ1v) is 11.1. The number of amides is 2. The first-order chi connectivity index (χ1) is 16.2. The average Bonchev–Trinajstić information content (AvgIpc) is 2.85. The Hall–Kier alpha value is -3.94. The van der Waals surface area contributed by atoms with Gasteiger partial charge in [-0.15, -0.1) is 0 Å². The molecular formula is C25H27N5O3. The lowest BCUT2D eigenvalue weighted by Gasteiger charge is -2.23. The Balaban J connectivity index is 1.49. The number of pyridine rings is 2. The molecule has 3 aromatic rings. The molecule has 1 aliphatic heterocycles. The first-order valence-electron chi connectivity index (χ1n) is 11.1. The molecule has 0 unspecified atom stereocenters. The van der Waals surface area contributed by atoms with Gasteiger partial charge < -0.3 is 20.3 Å². The second kappa shape index (κ2) is 11.1. The smallest absolute Gasteiger partial charge is 0.273 e. The molecule has 0 aliphatic carbocycles. The largest absolute Gasteiger partial charge is 0.491 e. The predicted octanol–water partition coefficient (Wildman–Crippen LogP) is 3.54. The highest BCUT2D eigenvalue weighted by Gasteiger charge is 2.20. The molecule has 4 rings (SSSR count). The zero-order valence-corrected chi connectivity index (χ0v) is 18.4. The summed E-state index contributed by atoms with van der Waals surface area (Å²) in [6.07, 6.45) is 5.87. The number of rotatable bonds is 4. The van der Waals surface area contributed by atoms with Gasteiger partial charge in [-0.25, -0.2) is 4.98 Å². The van der Waals surface area contributed by atoms with E-state index in [1.165, 1.54) is 0 Å². The first kappa shape index (κ1) is 22.3. The van der Waals surface area contributed by atoms with Crippen molar-refractivity contribution in [2.24, 2.45) is 0 Å². The lowest BCUT2D eigenvalue weighted by Crippen LogP contribution is -2.41. The zero-order valence-electron chi connectivity index (χ0n) is 18.4. The lowest BCUT2D eigenvalue weighted by atomic mass is 10.2. The molecule has 0 saturated carbocycles. The minimum absolute atomic E-state index is 0.0252. The molecule has 0 saturated heterocycles. The summed E-state index contributed by atoms with van der Waals surface area (Å²) in [5.74, 6) is 0.809. The SMILES string of the molecule is O=C(CN1CCCCCOc2ccccc2Nc2cccc(n2)C1=O)NCc1ccncc1. The predicted molar refractivity (Wildman–Crippen MR) is 125 cm³/mol. The minimum atomic E-state index is -0.265. The van der Waals surface area contributed by atoms with Crippen molar-refractivity contribution >= 4 is 23.3 Å². The van der Waals surface area contributed by atoms with E-state index in [0.717, 1.165) is 36.3 Å². The van der Waals surface area contributed by atoms with Gasteiger partial charge in [-0.2, -0.15) is 0 Å². The number of fused-ring (bicyclic) bond motifs is 3. The summed E-state index contributed by atoms with van der Waals surface area (Å²) in [5, 5.41) is 6.12. The van der Waals surface area contributed by atoms with E-state index in [1.807, 2.05) is 36.4 Å². The number of hydrogen-bond donors (Lipinski definition) is 2. The molecule has 3 heterocycles. The van der Waals surface area contributed by atoms with Crippen molar-refractivity contribution in [1.29, 1.82) is 0 Å². The Labute approximate surface area is 193 Å². The van der Waals surface area contributed by atoms with Gasteiger partial charge in [0.15, 0.2) is 0 Å². The van der Waals surface area contributed by atoms with E-state index in [0.29, 0.717) is 25.5 Å². The number of carbonyl (C=O) groups is 2. The van der Waals surface area contributed by atoms with Crippen LogP contribution in [0.25, 0.3) is 0 Å². The highest BCUT2D eigenvalue weighted by Crippen LogP contribution is 2.27. The molecule has 33 heavy (non-hydrogen) atoms. The van der Waals surface area contributed by atoms with E-state index in [-0.39, 0.29) is 24.1 Å². The van der Waals surface area contributed by atoms with Gasteiger partial charge in [0.05, 0.1) is 18.8 Å². The molecule has 0 atom stereocenters. The van der Waals surface area contributed by atoms with Gasteiger partial charge in [0.25, 0.3) is 5.91 Å². The van der Waals surface area contributed by atoms with Gasteiger partial charge >= 0.3 is 0 Å². The van der Waals surface area contributed by atoms with Gasteiger partial charge in [-0.3, -0.25) is 14.6 Å². The van der Waals surface area contributed by atoms with E-state index < -0.39 is 0 Å². The Bertz CT molecular complexity index is 1090. The second-order valence-electron chi connectivity index (χ2n) is 7.80. The molecule has 2 bridgehead atoms. The van der Waals surface area contributed by atoms with Crippen LogP contribution in [-0.4, -0.2) is 46.4 Å². The van der Waals surface area contributed by atoms with Crippen LogP contribution >= 0.6 is 0 Å². The molecule has 8 heteroatoms. The number of ether oxygens (including phenoxy) is 1. The van der Waals surface area contributed by atoms with Crippen LogP contribution < -0.4 is 15.4 Å². The number of para-hydroxylation sites is 2. The normalized spacial score (nSPS) is 14.3. The number of nitrogens with zero attached hydrogens (tertiary/aromatic N) is 3. The monoisotopic (exact) mass is 445 g/mol. The summed E-state index contributed by atoms with van der Waals surface area (Å²) in [6.45, 7) is 1.41. The molecule has 1 aliphatic rings. The van der Waals surface area contributed by atoms with E-state index in [4.69, 9.17) is 4.74 Å². The van der Waals surface area contributed by atoms with Gasteiger partial charge in [-0.05, 0) is 61.2 Å². The minimum Gasteiger partial charge on any atom is -0.491 e. The fourth-order valence-electron chi connectivity index (χ4n) is 3.57. The number of benzene rings is 1. The van der Waals surface area contributed by atoms with Crippen LogP contribution in [0, 0.1) is 0 Å². The highest BCUT2D eigenvalue weighted by atomic mass is 16.5. The van der Waals surface area contributed by atoms with Crippen LogP contribution in [0.2, 0.25) is 0 Å². The van der Waals surface area contributed by atoms with E-state index >= 15 is 0 Å². The van der Waals surface area contributed by atoms with Crippen molar-refractivity contribution in [2.45, 2.75) is 25.8 Å². The van der Waals surface area contributed by atoms with Crippen molar-refractivity contribution in [2.75, 3.05) is 25.0 Å². The molecule has 2 aromatic heterocycles.